The molecule has 0 aliphatic rings. The molecule has 0 saturated heterocycles. The van der Waals surface area contributed by atoms with Crippen LogP contribution < -0.4 is 10.1 Å². The maximum atomic E-state index is 12.6. The van der Waals surface area contributed by atoms with E-state index in [9.17, 15) is 4.79 Å². The van der Waals surface area contributed by atoms with E-state index in [1.165, 1.54) is 5.56 Å². The second-order valence-electron chi connectivity index (χ2n) is 8.38. The summed E-state index contributed by atoms with van der Waals surface area (Å²) < 4.78 is 7.69. The normalized spacial score (nSPS) is 11.4. The number of carbonyl (C=O) groups is 1. The van der Waals surface area contributed by atoms with Crippen LogP contribution in [0.15, 0.2) is 48.5 Å². The first-order valence-electron chi connectivity index (χ1n) is 9.82. The molecule has 0 atom stereocenters. The number of aryl methyl sites for hydroxylation is 2. The van der Waals surface area contributed by atoms with Gasteiger partial charge in [0.25, 0.3) is 5.91 Å². The molecular weight excluding hydrogens is 362 g/mol. The minimum atomic E-state index is -0.205. The summed E-state index contributed by atoms with van der Waals surface area (Å²) in [7, 11) is 0. The monoisotopic (exact) mass is 391 g/mol. The molecule has 1 N–H and O–H groups in total. The number of aromatic nitrogens is 2. The Labute approximate surface area is 172 Å². The molecule has 152 valence electrons. The second-order valence-corrected chi connectivity index (χ2v) is 8.38. The molecule has 5 heteroatoms. The Kier molecular flexibility index (Phi) is 5.78. The van der Waals surface area contributed by atoms with Crippen molar-refractivity contribution in [1.82, 2.24) is 9.78 Å². The van der Waals surface area contributed by atoms with E-state index in [-0.39, 0.29) is 17.9 Å². The van der Waals surface area contributed by atoms with Crippen LogP contribution in [0.3, 0.4) is 0 Å². The van der Waals surface area contributed by atoms with Crippen LogP contribution in [0.2, 0.25) is 0 Å². The van der Waals surface area contributed by atoms with Crippen LogP contribution in [0.25, 0.3) is 5.69 Å². The number of anilines is 1. The third kappa shape index (κ3) is 4.67. The molecule has 1 aromatic heterocycles. The van der Waals surface area contributed by atoms with Gasteiger partial charge in [-0.1, -0.05) is 56.7 Å². The number of benzene rings is 2. The number of nitrogens with one attached hydrogen (secondary N) is 1. The molecule has 0 radical (unpaired) electrons. The summed E-state index contributed by atoms with van der Waals surface area (Å²) in [6.07, 6.45) is 0. The van der Waals surface area contributed by atoms with Gasteiger partial charge >= 0.3 is 0 Å². The standard InChI is InChI=1S/C24H29N3O2/c1-16-11-13-19(14-12-16)27-18(3)23(17(2)26-27)25-22(28)15-29-21-10-8-7-9-20(21)24(4,5)6/h7-14H,15H2,1-6H3,(H,25,28). The van der Waals surface area contributed by atoms with Crippen LogP contribution >= 0.6 is 0 Å². The molecule has 0 spiro atoms. The first kappa shape index (κ1) is 20.6. The molecule has 0 aliphatic carbocycles. The van der Waals surface area contributed by atoms with E-state index >= 15 is 0 Å². The Balaban J connectivity index is 1.73. The molecule has 0 aliphatic heterocycles. The lowest BCUT2D eigenvalue weighted by molar-refractivity contribution is -0.118. The van der Waals surface area contributed by atoms with Gasteiger partial charge in [-0.05, 0) is 49.9 Å². The minimum absolute atomic E-state index is 0.0539. The number of amides is 1. The lowest BCUT2D eigenvalue weighted by atomic mass is 9.86. The quantitative estimate of drug-likeness (QED) is 0.657. The summed E-state index contributed by atoms with van der Waals surface area (Å²) >= 11 is 0. The number of rotatable bonds is 5. The number of para-hydroxylation sites is 1. The van der Waals surface area contributed by atoms with Crippen molar-refractivity contribution in [3.05, 3.63) is 71.0 Å². The molecule has 3 rings (SSSR count). The highest BCUT2D eigenvalue weighted by molar-refractivity contribution is 5.93. The van der Waals surface area contributed by atoms with Crippen LogP contribution in [0.1, 0.15) is 43.3 Å². The molecule has 2 aromatic carbocycles. The van der Waals surface area contributed by atoms with Gasteiger partial charge in [0.1, 0.15) is 5.75 Å². The molecule has 1 heterocycles. The Morgan fingerprint density at radius 2 is 1.69 bits per heavy atom. The maximum absolute atomic E-state index is 12.6. The molecule has 5 nitrogen and oxygen atoms in total. The molecule has 29 heavy (non-hydrogen) atoms. The third-order valence-electron chi connectivity index (χ3n) is 4.89. The van der Waals surface area contributed by atoms with Gasteiger partial charge in [-0.15, -0.1) is 0 Å². The van der Waals surface area contributed by atoms with Gasteiger partial charge < -0.3 is 10.1 Å². The van der Waals surface area contributed by atoms with E-state index in [1.807, 2.05) is 67.1 Å². The fraction of sp³-hybridized carbons (Fsp3) is 0.333. The highest BCUT2D eigenvalue weighted by Gasteiger charge is 2.20. The third-order valence-corrected chi connectivity index (χ3v) is 4.89. The van der Waals surface area contributed by atoms with Gasteiger partial charge in [-0.3, -0.25) is 4.79 Å². The van der Waals surface area contributed by atoms with Crippen molar-refractivity contribution < 1.29 is 9.53 Å². The molecular formula is C24H29N3O2. The zero-order valence-corrected chi connectivity index (χ0v) is 18.0. The van der Waals surface area contributed by atoms with Gasteiger partial charge in [0.05, 0.1) is 22.8 Å². The molecule has 0 saturated carbocycles. The smallest absolute Gasteiger partial charge is 0.262 e. The summed E-state index contributed by atoms with van der Waals surface area (Å²) in [5.41, 5.74) is 5.55. The zero-order chi connectivity index (χ0) is 21.2. The number of carbonyl (C=O) groups excluding carboxylic acids is 1. The largest absolute Gasteiger partial charge is 0.483 e. The number of hydrogen-bond donors (Lipinski definition) is 1. The van der Waals surface area contributed by atoms with E-state index in [0.717, 1.165) is 34.1 Å². The van der Waals surface area contributed by atoms with Crippen molar-refractivity contribution in [2.75, 3.05) is 11.9 Å². The van der Waals surface area contributed by atoms with Crippen LogP contribution in [0.5, 0.6) is 5.75 Å². The number of nitrogens with zero attached hydrogens (tertiary/aromatic N) is 2. The Hall–Kier alpha value is -3.08. The van der Waals surface area contributed by atoms with Crippen molar-refractivity contribution in [2.45, 2.75) is 47.0 Å². The lowest BCUT2D eigenvalue weighted by Gasteiger charge is -2.22. The fourth-order valence-electron chi connectivity index (χ4n) is 3.29. The highest BCUT2D eigenvalue weighted by Crippen LogP contribution is 2.31. The van der Waals surface area contributed by atoms with Crippen LogP contribution in [-0.4, -0.2) is 22.3 Å². The predicted molar refractivity (Wildman–Crippen MR) is 117 cm³/mol. The van der Waals surface area contributed by atoms with Crippen molar-refractivity contribution in [3.63, 3.8) is 0 Å². The Morgan fingerprint density at radius 1 is 1.03 bits per heavy atom. The average Bonchev–Trinajstić information content (AvgIpc) is 2.95. The second kappa shape index (κ2) is 8.11. The Morgan fingerprint density at radius 3 is 2.34 bits per heavy atom. The average molecular weight is 392 g/mol. The number of hydrogen-bond acceptors (Lipinski definition) is 3. The predicted octanol–water partition coefficient (Wildman–Crippen LogP) is 5.11. The van der Waals surface area contributed by atoms with Crippen molar-refractivity contribution in [3.8, 4) is 11.4 Å². The van der Waals surface area contributed by atoms with Crippen LogP contribution in [0.4, 0.5) is 5.69 Å². The fourth-order valence-corrected chi connectivity index (χ4v) is 3.29. The summed E-state index contributed by atoms with van der Waals surface area (Å²) in [4.78, 5) is 12.6. The topological polar surface area (TPSA) is 56.2 Å². The maximum Gasteiger partial charge on any atom is 0.262 e. The first-order valence-corrected chi connectivity index (χ1v) is 9.82. The lowest BCUT2D eigenvalue weighted by Crippen LogP contribution is -2.22. The summed E-state index contributed by atoms with van der Waals surface area (Å²) in [6, 6.07) is 16.0. The van der Waals surface area contributed by atoms with Gasteiger partial charge in [0.15, 0.2) is 6.61 Å². The van der Waals surface area contributed by atoms with E-state index in [4.69, 9.17) is 4.74 Å². The van der Waals surface area contributed by atoms with Gasteiger partial charge in [-0.25, -0.2) is 4.68 Å². The minimum Gasteiger partial charge on any atom is -0.483 e. The van der Waals surface area contributed by atoms with Crippen LogP contribution in [0, 0.1) is 20.8 Å². The van der Waals surface area contributed by atoms with Gasteiger partial charge in [-0.2, -0.15) is 5.10 Å². The highest BCUT2D eigenvalue weighted by atomic mass is 16.5. The van der Waals surface area contributed by atoms with Crippen molar-refractivity contribution in [2.24, 2.45) is 0 Å². The summed E-state index contributed by atoms with van der Waals surface area (Å²) in [6.45, 7) is 12.2. The molecule has 3 aromatic rings. The number of ether oxygens (including phenoxy) is 1. The Bertz CT molecular complexity index is 1010. The van der Waals surface area contributed by atoms with E-state index in [1.54, 1.807) is 0 Å². The van der Waals surface area contributed by atoms with Crippen molar-refractivity contribution >= 4 is 11.6 Å². The van der Waals surface area contributed by atoms with E-state index in [0.29, 0.717) is 0 Å². The zero-order valence-electron chi connectivity index (χ0n) is 18.0. The van der Waals surface area contributed by atoms with E-state index < -0.39 is 0 Å². The summed E-state index contributed by atoms with van der Waals surface area (Å²) in [5.74, 6) is 0.530. The molecule has 0 fully saturated rings. The molecule has 0 bridgehead atoms. The van der Waals surface area contributed by atoms with Crippen LogP contribution in [-0.2, 0) is 10.2 Å². The molecule has 1 amide bonds. The van der Waals surface area contributed by atoms with Gasteiger partial charge in [0, 0.05) is 0 Å². The van der Waals surface area contributed by atoms with Gasteiger partial charge in [0.2, 0.25) is 0 Å². The summed E-state index contributed by atoms with van der Waals surface area (Å²) in [5, 5.41) is 7.55. The van der Waals surface area contributed by atoms with E-state index in [2.05, 4.69) is 38.1 Å². The molecule has 0 unspecified atom stereocenters. The SMILES string of the molecule is Cc1ccc(-n2nc(C)c(NC(=O)COc3ccccc3C(C)(C)C)c2C)cc1. The van der Waals surface area contributed by atoms with Crippen molar-refractivity contribution in [1.29, 1.82) is 0 Å². The first-order chi connectivity index (χ1) is 13.7.